The Kier molecular flexibility index (Phi) is 25.5. The lowest BCUT2D eigenvalue weighted by atomic mass is 10.0. The first-order valence-electron chi connectivity index (χ1n) is 27.7. The van der Waals surface area contributed by atoms with Crippen molar-refractivity contribution in [2.45, 2.75) is 158 Å². The number of rotatable bonds is 32. The molecule has 0 aliphatic carbocycles. The summed E-state index contributed by atoms with van der Waals surface area (Å²) in [5, 5.41) is 37.1. The highest BCUT2D eigenvalue weighted by Crippen LogP contribution is 2.24. The number of carboxylic acid groups (broad SMARTS) is 1. The van der Waals surface area contributed by atoms with E-state index in [9.17, 15) is 53.4 Å². The quantitative estimate of drug-likeness (QED) is 0.0217. The summed E-state index contributed by atoms with van der Waals surface area (Å²) in [5.41, 5.74) is 24.9. The first-order chi connectivity index (χ1) is 38.8. The van der Waals surface area contributed by atoms with Crippen LogP contribution in [-0.2, 0) is 56.0 Å². The van der Waals surface area contributed by atoms with Crippen LogP contribution in [0.2, 0.25) is 0 Å². The maximum Gasteiger partial charge on any atom is 0.326 e. The summed E-state index contributed by atoms with van der Waals surface area (Å²) in [4.78, 5) is 135. The number of amides is 8. The Hall–Kier alpha value is -7.45. The molecular weight excluding hydrogens is 1060 g/mol. The van der Waals surface area contributed by atoms with Crippen molar-refractivity contribution in [1.82, 2.24) is 46.7 Å². The van der Waals surface area contributed by atoms with E-state index in [4.69, 9.17) is 22.9 Å². The summed E-state index contributed by atoms with van der Waals surface area (Å²) in [7, 11) is 0. The average Bonchev–Trinajstić information content (AvgIpc) is 4.27. The van der Waals surface area contributed by atoms with Gasteiger partial charge in [-0.15, -0.1) is 0 Å². The number of hydrogen-bond acceptors (Lipinski definition) is 14. The highest BCUT2D eigenvalue weighted by molar-refractivity contribution is 7.98. The van der Waals surface area contributed by atoms with Gasteiger partial charge in [0.25, 0.3) is 0 Å². The number of nitrogens with zero attached hydrogens (tertiary/aromatic N) is 3. The number of aromatic hydroxyl groups is 1. The number of nitrogens with two attached hydrogens (primary N) is 4. The SMILES string of the molecule is CCC[C@H](NC(=O)[C@H](C)NC(=O)[C@H](Cc1ccc(O)cc1)NC(=O)[C@@H]1CCCN1C(=O)[C@H](CCCCN)NC(=O)[C@@H]1CCCN1C(=O)[C@@H](N)CCCN=C(N)N)C(=O)N[C@@H](Cc1c[nH]c2ccccc12)C(=O)N[C@@H](CCSC)C(=O)O. The summed E-state index contributed by atoms with van der Waals surface area (Å²) in [6, 6.07) is 3.05. The monoisotopic (exact) mass is 1150 g/mol. The molecule has 9 atom stereocenters. The standard InChI is InChI=1S/C55H82N14O11S/c1-4-12-39(47(72)66-43(49(74)65-41(54(79)80)23-28-81-3)30-34-31-61-38-15-6-5-13-36(34)38)63-46(71)32(2)62-48(73)42(29-33-19-21-35(70)22-20-33)67-51(76)45-18-11-27-69(45)53(78)40(16-7-8-24-56)64-50(75)44-17-10-26-68(44)52(77)37(57)14-9-25-60-55(58)59/h5-6,13,15,19-22,31-32,37,39-45,61,70H,4,7-12,14,16-18,23-30,56-57H2,1-3H3,(H,62,73)(H,63,71)(H,64,75)(H,65,74)(H,66,72)(H,67,76)(H,79,80)(H4,58,59,60)/t32-,37-,39-,40-,41-,42-,43-,44-,45-/m0/s1. The number of aliphatic carboxylic acids is 1. The third-order valence-electron chi connectivity index (χ3n) is 14.5. The normalized spacial score (nSPS) is 17.6. The number of fused-ring (bicyclic) bond motifs is 1. The average molecular weight is 1150 g/mol. The molecule has 444 valence electrons. The van der Waals surface area contributed by atoms with Crippen LogP contribution in [0, 0.1) is 0 Å². The van der Waals surface area contributed by atoms with Gasteiger partial charge in [-0.3, -0.25) is 43.3 Å². The molecule has 2 fully saturated rings. The number of aromatic amines is 1. The maximum atomic E-state index is 14.5. The Morgan fingerprint density at radius 3 is 1.93 bits per heavy atom. The van der Waals surface area contributed by atoms with Crippen LogP contribution >= 0.6 is 11.8 Å². The zero-order chi connectivity index (χ0) is 59.2. The topological polar surface area (TPSA) is 405 Å². The van der Waals surface area contributed by atoms with Crippen LogP contribution in [0.3, 0.4) is 0 Å². The molecule has 2 aromatic carbocycles. The van der Waals surface area contributed by atoms with E-state index in [1.165, 1.54) is 40.6 Å². The van der Waals surface area contributed by atoms with Gasteiger partial charge in [-0.2, -0.15) is 11.8 Å². The zero-order valence-electron chi connectivity index (χ0n) is 46.5. The van der Waals surface area contributed by atoms with Gasteiger partial charge in [-0.1, -0.05) is 43.7 Å². The number of H-pyrrole nitrogens is 1. The highest BCUT2D eigenvalue weighted by atomic mass is 32.2. The minimum atomic E-state index is -1.33. The predicted molar refractivity (Wildman–Crippen MR) is 307 cm³/mol. The van der Waals surface area contributed by atoms with Crippen LogP contribution in [0.15, 0.2) is 59.7 Å². The van der Waals surface area contributed by atoms with E-state index >= 15 is 0 Å². The number of phenols is 1. The van der Waals surface area contributed by atoms with Gasteiger partial charge in [0.1, 0.15) is 54.1 Å². The van der Waals surface area contributed by atoms with Crippen molar-refractivity contribution >= 4 is 81.9 Å². The van der Waals surface area contributed by atoms with E-state index in [0.717, 1.165) is 10.9 Å². The van der Waals surface area contributed by atoms with Gasteiger partial charge < -0.3 is 79.8 Å². The molecule has 8 amide bonds. The van der Waals surface area contributed by atoms with Crippen LogP contribution in [0.5, 0.6) is 5.75 Å². The highest BCUT2D eigenvalue weighted by Gasteiger charge is 2.42. The lowest BCUT2D eigenvalue weighted by molar-refractivity contribution is -0.144. The largest absolute Gasteiger partial charge is 0.508 e. The molecule has 0 bridgehead atoms. The van der Waals surface area contributed by atoms with Gasteiger partial charge in [-0.25, -0.2) is 4.79 Å². The summed E-state index contributed by atoms with van der Waals surface area (Å²) in [6.07, 6.45) is 7.52. The second-order valence-electron chi connectivity index (χ2n) is 20.6. The number of nitrogens with one attached hydrogen (secondary N) is 7. The van der Waals surface area contributed by atoms with Crippen molar-refractivity contribution in [3.8, 4) is 5.75 Å². The first-order valence-corrected chi connectivity index (χ1v) is 29.1. The minimum Gasteiger partial charge on any atom is -0.508 e. The van der Waals surface area contributed by atoms with Crippen LogP contribution < -0.4 is 54.8 Å². The Bertz CT molecular complexity index is 2670. The number of hydrogen-bond donors (Lipinski definition) is 13. The smallest absolute Gasteiger partial charge is 0.326 e. The van der Waals surface area contributed by atoms with Crippen molar-refractivity contribution in [3.05, 3.63) is 65.9 Å². The summed E-state index contributed by atoms with van der Waals surface area (Å²) in [6.45, 7) is 4.26. The number of benzene rings is 2. The number of aliphatic imine (C=N–C) groups is 1. The summed E-state index contributed by atoms with van der Waals surface area (Å²) >= 11 is 1.42. The van der Waals surface area contributed by atoms with Crippen LogP contribution in [0.4, 0.5) is 0 Å². The molecule has 26 heteroatoms. The van der Waals surface area contributed by atoms with E-state index in [0.29, 0.717) is 74.9 Å². The number of aromatic nitrogens is 1. The Morgan fingerprint density at radius 2 is 1.30 bits per heavy atom. The Balaban J connectivity index is 1.29. The van der Waals surface area contributed by atoms with Crippen molar-refractivity contribution in [1.29, 1.82) is 0 Å². The molecule has 3 aromatic rings. The van der Waals surface area contributed by atoms with Crippen LogP contribution in [-0.4, -0.2) is 177 Å². The van der Waals surface area contributed by atoms with E-state index in [-0.39, 0.29) is 69.7 Å². The van der Waals surface area contributed by atoms with Gasteiger partial charge in [0, 0.05) is 49.6 Å². The van der Waals surface area contributed by atoms with E-state index in [1.807, 2.05) is 30.5 Å². The molecule has 81 heavy (non-hydrogen) atoms. The first kappa shape index (κ1) is 64.4. The number of carbonyl (C=O) groups excluding carboxylic acids is 8. The van der Waals surface area contributed by atoms with E-state index in [1.54, 1.807) is 25.3 Å². The third kappa shape index (κ3) is 19.1. The molecule has 5 rings (SSSR count). The van der Waals surface area contributed by atoms with Gasteiger partial charge in [0.15, 0.2) is 5.96 Å². The molecule has 2 saturated heterocycles. The molecule has 0 radical (unpaired) electrons. The van der Waals surface area contributed by atoms with Crippen LogP contribution in [0.25, 0.3) is 10.9 Å². The molecule has 3 heterocycles. The van der Waals surface area contributed by atoms with Crippen LogP contribution in [0.1, 0.15) is 102 Å². The van der Waals surface area contributed by atoms with Gasteiger partial charge in [0.2, 0.25) is 47.3 Å². The van der Waals surface area contributed by atoms with Crippen molar-refractivity contribution in [2.24, 2.45) is 27.9 Å². The Morgan fingerprint density at radius 1 is 0.704 bits per heavy atom. The van der Waals surface area contributed by atoms with Gasteiger partial charge in [-0.05, 0) is 125 Å². The molecule has 0 unspecified atom stereocenters. The number of thioether (sulfide) groups is 1. The second kappa shape index (κ2) is 32.1. The number of carbonyl (C=O) groups is 9. The summed E-state index contributed by atoms with van der Waals surface area (Å²) < 4.78 is 0. The van der Waals surface area contributed by atoms with E-state index < -0.39 is 108 Å². The molecule has 17 N–H and O–H groups in total. The molecule has 0 saturated carbocycles. The molecule has 1 aromatic heterocycles. The number of unbranched alkanes of at least 4 members (excludes halogenated alkanes) is 1. The molecule has 0 spiro atoms. The lowest BCUT2D eigenvalue weighted by Crippen LogP contribution is -2.60. The van der Waals surface area contributed by atoms with E-state index in [2.05, 4.69) is 41.9 Å². The fourth-order valence-electron chi connectivity index (χ4n) is 10.0. The molecular formula is C55H82N14O11S. The fraction of sp³-hybridized carbons (Fsp3) is 0.564. The fourth-order valence-corrected chi connectivity index (χ4v) is 10.5. The van der Waals surface area contributed by atoms with Gasteiger partial charge in [0.05, 0.1) is 6.04 Å². The molecule has 2 aliphatic heterocycles. The van der Waals surface area contributed by atoms with Crippen molar-refractivity contribution in [2.75, 3.05) is 38.2 Å². The third-order valence-corrected chi connectivity index (χ3v) is 15.1. The van der Waals surface area contributed by atoms with Crippen molar-refractivity contribution in [3.63, 3.8) is 0 Å². The molecule has 2 aliphatic rings. The number of phenolic OH excluding ortho intramolecular Hbond substituents is 1. The second-order valence-corrected chi connectivity index (χ2v) is 21.6. The number of guanidine groups is 1. The van der Waals surface area contributed by atoms with Gasteiger partial charge >= 0.3 is 5.97 Å². The number of para-hydroxylation sites is 1. The predicted octanol–water partition coefficient (Wildman–Crippen LogP) is -0.283. The minimum absolute atomic E-state index is 0.0212. The molecule has 25 nitrogen and oxygen atoms in total. The maximum absolute atomic E-state index is 14.5. The number of carboxylic acids is 1. The Labute approximate surface area is 476 Å². The zero-order valence-corrected chi connectivity index (χ0v) is 47.3. The number of likely N-dealkylation sites (tertiary alicyclic amines) is 2. The van der Waals surface area contributed by atoms with Crippen molar-refractivity contribution < 1.29 is 53.4 Å². The summed E-state index contributed by atoms with van der Waals surface area (Å²) in [5.74, 6) is -6.06. The lowest BCUT2D eigenvalue weighted by Gasteiger charge is -2.32.